The average molecular weight is 321 g/mol. The van der Waals surface area contributed by atoms with E-state index in [9.17, 15) is 4.79 Å². The number of nitrogens with zero attached hydrogens (tertiary/aromatic N) is 2. The van der Waals surface area contributed by atoms with Gasteiger partial charge in [0, 0.05) is 30.2 Å². The van der Waals surface area contributed by atoms with E-state index in [0.29, 0.717) is 11.7 Å². The van der Waals surface area contributed by atoms with Crippen LogP contribution in [-0.4, -0.2) is 23.5 Å². The van der Waals surface area contributed by atoms with E-state index in [1.54, 1.807) is 6.20 Å². The van der Waals surface area contributed by atoms with Crippen LogP contribution in [0.25, 0.3) is 0 Å². The number of carbonyl (C=O) groups is 1. The Kier molecular flexibility index (Phi) is 4.20. The van der Waals surface area contributed by atoms with Crippen molar-refractivity contribution in [3.63, 3.8) is 0 Å². The van der Waals surface area contributed by atoms with Crippen LogP contribution in [0.5, 0.6) is 0 Å². The zero-order chi connectivity index (χ0) is 16.4. The maximum absolute atomic E-state index is 13.0. The van der Waals surface area contributed by atoms with E-state index in [2.05, 4.69) is 16.4 Å². The van der Waals surface area contributed by atoms with Crippen LogP contribution in [0.15, 0.2) is 42.6 Å². The first kappa shape index (κ1) is 15.2. The first-order chi connectivity index (χ1) is 11.8. The highest BCUT2D eigenvalue weighted by molar-refractivity contribution is 6.05. The Bertz CT molecular complexity index is 737. The van der Waals surface area contributed by atoms with E-state index in [1.807, 2.05) is 35.2 Å². The summed E-state index contributed by atoms with van der Waals surface area (Å²) in [5.41, 5.74) is 3.81. The number of anilines is 2. The van der Waals surface area contributed by atoms with Crippen LogP contribution in [0.3, 0.4) is 0 Å². The molecule has 1 aliphatic carbocycles. The maximum atomic E-state index is 13.0. The number of hydrogen-bond donors (Lipinski definition) is 1. The molecule has 0 radical (unpaired) electrons. The molecular weight excluding hydrogens is 298 g/mol. The van der Waals surface area contributed by atoms with Crippen molar-refractivity contribution in [2.24, 2.45) is 0 Å². The van der Waals surface area contributed by atoms with Gasteiger partial charge < -0.3 is 10.2 Å². The number of aryl methyl sites for hydroxylation is 1. The van der Waals surface area contributed by atoms with Crippen molar-refractivity contribution in [1.29, 1.82) is 0 Å². The molecule has 2 aromatic rings. The summed E-state index contributed by atoms with van der Waals surface area (Å²) in [4.78, 5) is 19.2. The molecule has 24 heavy (non-hydrogen) atoms. The number of fused-ring (bicyclic) bond motifs is 1. The molecule has 1 saturated carbocycles. The number of para-hydroxylation sites is 1. The lowest BCUT2D eigenvalue weighted by Gasteiger charge is -2.29. The normalized spacial score (nSPS) is 17.6. The Labute approximate surface area is 142 Å². The molecule has 0 atom stereocenters. The summed E-state index contributed by atoms with van der Waals surface area (Å²) in [5, 5.41) is 3.55. The van der Waals surface area contributed by atoms with E-state index >= 15 is 0 Å². The maximum Gasteiger partial charge on any atom is 0.276 e. The van der Waals surface area contributed by atoms with Crippen molar-refractivity contribution in [2.45, 2.75) is 44.6 Å². The molecule has 2 aliphatic rings. The second-order valence-electron chi connectivity index (χ2n) is 6.74. The van der Waals surface area contributed by atoms with Crippen LogP contribution >= 0.6 is 0 Å². The number of nitrogens with one attached hydrogen (secondary N) is 1. The highest BCUT2D eigenvalue weighted by Gasteiger charge is 2.24. The van der Waals surface area contributed by atoms with Gasteiger partial charge in [-0.25, -0.2) is 0 Å². The van der Waals surface area contributed by atoms with Gasteiger partial charge in [0.05, 0.1) is 0 Å². The average Bonchev–Trinajstić information content (AvgIpc) is 3.14. The van der Waals surface area contributed by atoms with Gasteiger partial charge in [0.25, 0.3) is 5.91 Å². The number of amides is 1. The van der Waals surface area contributed by atoms with Gasteiger partial charge in [-0.05, 0) is 49.4 Å². The van der Waals surface area contributed by atoms with Crippen molar-refractivity contribution in [3.05, 3.63) is 53.9 Å². The van der Waals surface area contributed by atoms with Crippen LogP contribution in [0.4, 0.5) is 11.4 Å². The van der Waals surface area contributed by atoms with Crippen LogP contribution in [-0.2, 0) is 6.42 Å². The van der Waals surface area contributed by atoms with Crippen LogP contribution < -0.4 is 10.2 Å². The Morgan fingerprint density at radius 2 is 1.96 bits per heavy atom. The molecule has 1 N–H and O–H groups in total. The number of hydrogen-bond acceptors (Lipinski definition) is 3. The minimum Gasteiger partial charge on any atom is -0.382 e. The van der Waals surface area contributed by atoms with Gasteiger partial charge in [-0.3, -0.25) is 9.78 Å². The monoisotopic (exact) mass is 321 g/mol. The Balaban J connectivity index is 1.56. The van der Waals surface area contributed by atoms with Gasteiger partial charge in [0.1, 0.15) is 5.69 Å². The molecule has 0 unspecified atom stereocenters. The molecular formula is C20H23N3O. The Morgan fingerprint density at radius 3 is 2.83 bits per heavy atom. The summed E-state index contributed by atoms with van der Waals surface area (Å²) in [5.74, 6) is -0.00257. The standard InChI is InChI=1S/C20H23N3O/c24-20(23-13-5-7-15-6-1-4-10-19(15)23)18-14-17(11-12-21-18)22-16-8-2-3-9-16/h1,4,6,10-12,14,16H,2-3,5,7-9,13H2,(H,21,22). The zero-order valence-electron chi connectivity index (χ0n) is 13.9. The Morgan fingerprint density at radius 1 is 1.12 bits per heavy atom. The smallest absolute Gasteiger partial charge is 0.276 e. The summed E-state index contributed by atoms with van der Waals surface area (Å²) in [7, 11) is 0. The van der Waals surface area contributed by atoms with Crippen molar-refractivity contribution in [3.8, 4) is 0 Å². The molecule has 4 heteroatoms. The molecule has 1 aromatic carbocycles. The molecule has 1 amide bonds. The SMILES string of the molecule is O=C(c1cc(NC2CCCC2)ccn1)N1CCCc2ccccc21. The zero-order valence-corrected chi connectivity index (χ0v) is 13.9. The lowest BCUT2D eigenvalue weighted by Crippen LogP contribution is -2.36. The lowest BCUT2D eigenvalue weighted by atomic mass is 10.0. The quantitative estimate of drug-likeness (QED) is 0.928. The van der Waals surface area contributed by atoms with Gasteiger partial charge in [-0.2, -0.15) is 0 Å². The second-order valence-corrected chi connectivity index (χ2v) is 6.74. The lowest BCUT2D eigenvalue weighted by molar-refractivity contribution is 0.0980. The molecule has 4 rings (SSSR count). The number of pyridine rings is 1. The molecule has 124 valence electrons. The topological polar surface area (TPSA) is 45.2 Å². The van der Waals surface area contributed by atoms with Gasteiger partial charge in [-0.1, -0.05) is 31.0 Å². The van der Waals surface area contributed by atoms with Crippen LogP contribution in [0.2, 0.25) is 0 Å². The molecule has 0 saturated heterocycles. The predicted octanol–water partition coefficient (Wildman–Crippen LogP) is 4.03. The van der Waals surface area contributed by atoms with E-state index < -0.39 is 0 Å². The molecule has 1 fully saturated rings. The third kappa shape index (κ3) is 3.01. The fraction of sp³-hybridized carbons (Fsp3) is 0.400. The fourth-order valence-corrected chi connectivity index (χ4v) is 3.83. The van der Waals surface area contributed by atoms with Crippen LogP contribution in [0, 0.1) is 0 Å². The van der Waals surface area contributed by atoms with Gasteiger partial charge >= 0.3 is 0 Å². The van der Waals surface area contributed by atoms with Crippen molar-refractivity contribution in [2.75, 3.05) is 16.8 Å². The third-order valence-electron chi connectivity index (χ3n) is 5.06. The fourth-order valence-electron chi connectivity index (χ4n) is 3.83. The highest BCUT2D eigenvalue weighted by atomic mass is 16.2. The molecule has 0 bridgehead atoms. The Hall–Kier alpha value is -2.36. The van der Waals surface area contributed by atoms with Crippen LogP contribution in [0.1, 0.15) is 48.2 Å². The molecule has 0 spiro atoms. The van der Waals surface area contributed by atoms with Gasteiger partial charge in [0.15, 0.2) is 0 Å². The van der Waals surface area contributed by atoms with E-state index in [0.717, 1.165) is 30.8 Å². The number of aromatic nitrogens is 1. The third-order valence-corrected chi connectivity index (χ3v) is 5.06. The molecule has 2 heterocycles. The summed E-state index contributed by atoms with van der Waals surface area (Å²) in [6.07, 6.45) is 8.79. The first-order valence-corrected chi connectivity index (χ1v) is 8.93. The molecule has 1 aromatic heterocycles. The molecule has 1 aliphatic heterocycles. The van der Waals surface area contributed by atoms with E-state index in [4.69, 9.17) is 0 Å². The second kappa shape index (κ2) is 6.63. The summed E-state index contributed by atoms with van der Waals surface area (Å²) in [6, 6.07) is 12.6. The summed E-state index contributed by atoms with van der Waals surface area (Å²) in [6.45, 7) is 0.762. The van der Waals surface area contributed by atoms with Crippen molar-refractivity contribution in [1.82, 2.24) is 4.98 Å². The largest absolute Gasteiger partial charge is 0.382 e. The molecule has 4 nitrogen and oxygen atoms in total. The van der Waals surface area contributed by atoms with Crippen molar-refractivity contribution < 1.29 is 4.79 Å². The summed E-state index contributed by atoms with van der Waals surface area (Å²) >= 11 is 0. The predicted molar refractivity (Wildman–Crippen MR) is 96.6 cm³/mol. The minimum absolute atomic E-state index is 0.00257. The van der Waals surface area contributed by atoms with Gasteiger partial charge in [0.2, 0.25) is 0 Å². The van der Waals surface area contributed by atoms with Crippen molar-refractivity contribution >= 4 is 17.3 Å². The first-order valence-electron chi connectivity index (χ1n) is 8.93. The van der Waals surface area contributed by atoms with E-state index in [-0.39, 0.29) is 5.91 Å². The van der Waals surface area contributed by atoms with E-state index in [1.165, 1.54) is 31.2 Å². The highest BCUT2D eigenvalue weighted by Crippen LogP contribution is 2.28. The summed E-state index contributed by atoms with van der Waals surface area (Å²) < 4.78 is 0. The minimum atomic E-state index is -0.00257. The van der Waals surface area contributed by atoms with Gasteiger partial charge in [-0.15, -0.1) is 0 Å². The number of rotatable bonds is 3. The number of benzene rings is 1. The number of carbonyl (C=O) groups excluding carboxylic acids is 1.